The number of hydrogen-bond donors (Lipinski definition) is 1. The van der Waals surface area contributed by atoms with E-state index in [1.807, 2.05) is 48.5 Å². The smallest absolute Gasteiger partial charge is 0.294 e. The van der Waals surface area contributed by atoms with Crippen molar-refractivity contribution in [1.82, 2.24) is 4.90 Å². The predicted molar refractivity (Wildman–Crippen MR) is 116 cm³/mol. The van der Waals surface area contributed by atoms with E-state index in [1.165, 1.54) is 0 Å². The number of hydrogen-bond acceptors (Lipinski definition) is 4. The summed E-state index contributed by atoms with van der Waals surface area (Å²) < 4.78 is 1.05. The summed E-state index contributed by atoms with van der Waals surface area (Å²) in [5, 5.41) is 2.24. The second-order valence-electron chi connectivity index (χ2n) is 5.62. The molecular weight excluding hydrogens is 475 g/mol. The highest BCUT2D eigenvalue weighted by molar-refractivity contribution is 14.1. The van der Waals surface area contributed by atoms with Crippen LogP contribution in [-0.2, 0) is 9.59 Å². The zero-order valence-corrected chi connectivity index (χ0v) is 17.1. The van der Waals surface area contributed by atoms with Gasteiger partial charge in [-0.3, -0.25) is 19.3 Å². The second-order valence-corrected chi connectivity index (χ2v) is 7.85. The van der Waals surface area contributed by atoms with Crippen molar-refractivity contribution < 1.29 is 14.4 Å². The summed E-state index contributed by atoms with van der Waals surface area (Å²) in [4.78, 5) is 37.9. The molecule has 27 heavy (non-hydrogen) atoms. The van der Waals surface area contributed by atoms with E-state index in [0.29, 0.717) is 10.6 Å². The van der Waals surface area contributed by atoms with Gasteiger partial charge in [0.25, 0.3) is 11.1 Å². The van der Waals surface area contributed by atoms with E-state index in [0.717, 1.165) is 25.8 Å². The molecule has 3 rings (SSSR count). The molecule has 0 bridgehead atoms. The molecule has 2 aromatic rings. The molecule has 7 heteroatoms. The van der Waals surface area contributed by atoms with Crippen LogP contribution in [0.25, 0.3) is 6.08 Å². The number of amides is 3. The van der Waals surface area contributed by atoms with Gasteiger partial charge in [0, 0.05) is 9.26 Å². The zero-order valence-electron chi connectivity index (χ0n) is 14.1. The fourth-order valence-corrected chi connectivity index (χ4v) is 3.49. The maximum absolute atomic E-state index is 12.4. The minimum Gasteiger partial charge on any atom is -0.325 e. The molecule has 136 valence electrons. The third-order valence-electron chi connectivity index (χ3n) is 3.64. The number of carbonyl (C=O) groups excluding carboxylic acids is 3. The molecule has 1 aliphatic rings. The van der Waals surface area contributed by atoms with Crippen LogP contribution in [0.1, 0.15) is 5.56 Å². The molecule has 1 aliphatic heterocycles. The second kappa shape index (κ2) is 9.01. The van der Waals surface area contributed by atoms with Crippen LogP contribution in [0.4, 0.5) is 10.5 Å². The Balaban J connectivity index is 1.61. The molecule has 3 amide bonds. The van der Waals surface area contributed by atoms with Gasteiger partial charge in [-0.2, -0.15) is 0 Å². The van der Waals surface area contributed by atoms with Crippen molar-refractivity contribution in [2.75, 3.05) is 11.9 Å². The maximum Gasteiger partial charge on any atom is 0.294 e. The third-order valence-corrected chi connectivity index (χ3v) is 5.28. The molecule has 0 unspecified atom stereocenters. The predicted octanol–water partition coefficient (Wildman–Crippen LogP) is 4.52. The van der Waals surface area contributed by atoms with Gasteiger partial charge in [-0.1, -0.05) is 42.5 Å². The number of rotatable bonds is 5. The lowest BCUT2D eigenvalue weighted by atomic mass is 10.2. The standard InChI is InChI=1S/C20H15IN2O3S/c21-15-9-11-16(12-10-15)22-18(24)13-23-19(25)17(27-20(23)26)8-4-7-14-5-2-1-3-6-14/h1-12H,13H2,(H,22,24)/b7-4+,17-8+. The van der Waals surface area contributed by atoms with Crippen molar-refractivity contribution in [1.29, 1.82) is 0 Å². The van der Waals surface area contributed by atoms with Crippen molar-refractivity contribution in [2.24, 2.45) is 0 Å². The van der Waals surface area contributed by atoms with Crippen molar-refractivity contribution in [3.05, 3.63) is 80.8 Å². The number of thioether (sulfide) groups is 1. The highest BCUT2D eigenvalue weighted by Crippen LogP contribution is 2.30. The fourth-order valence-electron chi connectivity index (χ4n) is 2.34. The number of anilines is 1. The molecule has 5 nitrogen and oxygen atoms in total. The molecule has 1 saturated heterocycles. The number of carbonyl (C=O) groups is 3. The first-order valence-corrected chi connectivity index (χ1v) is 9.95. The minimum atomic E-state index is -0.458. The maximum atomic E-state index is 12.4. The summed E-state index contributed by atoms with van der Waals surface area (Å²) >= 11 is 3.00. The van der Waals surface area contributed by atoms with Gasteiger partial charge in [-0.15, -0.1) is 0 Å². The number of nitrogens with one attached hydrogen (secondary N) is 1. The van der Waals surface area contributed by atoms with Crippen molar-refractivity contribution in [3.8, 4) is 0 Å². The topological polar surface area (TPSA) is 66.5 Å². The van der Waals surface area contributed by atoms with E-state index in [4.69, 9.17) is 0 Å². The van der Waals surface area contributed by atoms with Gasteiger partial charge in [0.1, 0.15) is 6.54 Å². The lowest BCUT2D eigenvalue weighted by Crippen LogP contribution is -2.36. The SMILES string of the molecule is O=C(CN1C(=O)S/C(=C/C=C/c2ccccc2)C1=O)Nc1ccc(I)cc1. The Bertz CT molecular complexity index is 924. The van der Waals surface area contributed by atoms with Gasteiger partial charge < -0.3 is 5.32 Å². The third kappa shape index (κ3) is 5.30. The minimum absolute atomic E-state index is 0.300. The zero-order chi connectivity index (χ0) is 19.2. The molecule has 0 aromatic heterocycles. The van der Waals surface area contributed by atoms with E-state index in [2.05, 4.69) is 27.9 Å². The molecular formula is C20H15IN2O3S. The molecule has 0 spiro atoms. The van der Waals surface area contributed by atoms with E-state index in [9.17, 15) is 14.4 Å². The highest BCUT2D eigenvalue weighted by atomic mass is 127. The number of imide groups is 1. The Kier molecular flexibility index (Phi) is 6.46. The van der Waals surface area contributed by atoms with Crippen LogP contribution in [0.15, 0.2) is 71.7 Å². The van der Waals surface area contributed by atoms with Crippen LogP contribution in [0.3, 0.4) is 0 Å². The van der Waals surface area contributed by atoms with Crippen LogP contribution in [0.5, 0.6) is 0 Å². The summed E-state index contributed by atoms with van der Waals surface area (Å²) in [7, 11) is 0. The summed E-state index contributed by atoms with van der Waals surface area (Å²) in [5.41, 5.74) is 1.61. The monoisotopic (exact) mass is 490 g/mol. The van der Waals surface area contributed by atoms with Crippen LogP contribution in [-0.4, -0.2) is 28.5 Å². The lowest BCUT2D eigenvalue weighted by molar-refractivity contribution is -0.127. The Labute approximate surface area is 174 Å². The first kappa shape index (κ1) is 19.4. The molecule has 1 heterocycles. The van der Waals surface area contributed by atoms with Crippen molar-refractivity contribution in [2.45, 2.75) is 0 Å². The molecule has 1 N–H and O–H groups in total. The fraction of sp³-hybridized carbons (Fsp3) is 0.0500. The highest BCUT2D eigenvalue weighted by Gasteiger charge is 2.35. The lowest BCUT2D eigenvalue weighted by Gasteiger charge is -2.12. The average molecular weight is 490 g/mol. The van der Waals surface area contributed by atoms with Gasteiger partial charge in [0.15, 0.2) is 0 Å². The Morgan fingerprint density at radius 3 is 2.48 bits per heavy atom. The quantitative estimate of drug-likeness (QED) is 0.495. The molecule has 2 aromatic carbocycles. The van der Waals surface area contributed by atoms with Crippen LogP contribution < -0.4 is 5.32 Å². The Morgan fingerprint density at radius 2 is 1.78 bits per heavy atom. The average Bonchev–Trinajstić information content (AvgIpc) is 2.92. The summed E-state index contributed by atoms with van der Waals surface area (Å²) in [6.07, 6.45) is 5.16. The number of allylic oxidation sites excluding steroid dienone is 2. The van der Waals surface area contributed by atoms with E-state index < -0.39 is 17.1 Å². The van der Waals surface area contributed by atoms with Crippen LogP contribution in [0.2, 0.25) is 0 Å². The van der Waals surface area contributed by atoms with Gasteiger partial charge in [0.05, 0.1) is 4.91 Å². The van der Waals surface area contributed by atoms with Crippen molar-refractivity contribution >= 4 is 63.2 Å². The number of benzene rings is 2. The van der Waals surface area contributed by atoms with E-state index in [1.54, 1.807) is 24.3 Å². The van der Waals surface area contributed by atoms with E-state index >= 15 is 0 Å². The van der Waals surface area contributed by atoms with Crippen molar-refractivity contribution in [3.63, 3.8) is 0 Å². The van der Waals surface area contributed by atoms with Crippen LogP contribution >= 0.6 is 34.4 Å². The number of nitrogens with zero attached hydrogens (tertiary/aromatic N) is 1. The molecule has 0 atom stereocenters. The van der Waals surface area contributed by atoms with Gasteiger partial charge in [0.2, 0.25) is 5.91 Å². The molecule has 0 radical (unpaired) electrons. The normalized spacial score (nSPS) is 15.7. The molecule has 0 aliphatic carbocycles. The Hall–Kier alpha value is -2.39. The first-order valence-electron chi connectivity index (χ1n) is 8.05. The van der Waals surface area contributed by atoms with Gasteiger partial charge in [-0.25, -0.2) is 0 Å². The van der Waals surface area contributed by atoms with E-state index in [-0.39, 0.29) is 6.54 Å². The molecule has 1 fully saturated rings. The summed E-state index contributed by atoms with van der Waals surface area (Å²) in [6.45, 7) is -0.309. The summed E-state index contributed by atoms with van der Waals surface area (Å²) in [5.74, 6) is -0.875. The Morgan fingerprint density at radius 1 is 1.07 bits per heavy atom. The van der Waals surface area contributed by atoms with Gasteiger partial charge in [-0.05, 0) is 70.3 Å². The van der Waals surface area contributed by atoms with Crippen LogP contribution in [0, 0.1) is 3.57 Å². The molecule has 0 saturated carbocycles. The first-order chi connectivity index (χ1) is 13.0. The van der Waals surface area contributed by atoms with Gasteiger partial charge >= 0.3 is 0 Å². The summed E-state index contributed by atoms with van der Waals surface area (Å²) in [6, 6.07) is 16.9. The largest absolute Gasteiger partial charge is 0.325 e. The number of halogens is 1.